The number of amides is 1. The lowest BCUT2D eigenvalue weighted by Crippen LogP contribution is -2.28. The summed E-state index contributed by atoms with van der Waals surface area (Å²) >= 11 is 1.26. The SMILES string of the molecule is C#CCOc1ccc(C=C2SC(=Nc3cccc(C(=O)O)c3)N(CC)C2=O)cc1. The summed E-state index contributed by atoms with van der Waals surface area (Å²) in [5, 5.41) is 9.65. The molecule has 29 heavy (non-hydrogen) atoms. The molecule has 1 aliphatic rings. The molecule has 1 aliphatic heterocycles. The highest BCUT2D eigenvalue weighted by molar-refractivity contribution is 8.18. The van der Waals surface area contributed by atoms with Crippen molar-refractivity contribution >= 4 is 40.6 Å². The molecule has 0 aromatic heterocycles. The largest absolute Gasteiger partial charge is 0.481 e. The number of rotatable bonds is 6. The van der Waals surface area contributed by atoms with Gasteiger partial charge in [-0.2, -0.15) is 0 Å². The minimum Gasteiger partial charge on any atom is -0.481 e. The van der Waals surface area contributed by atoms with Crippen molar-refractivity contribution in [2.24, 2.45) is 4.99 Å². The Hall–Kier alpha value is -3.50. The van der Waals surface area contributed by atoms with Gasteiger partial charge in [-0.25, -0.2) is 9.79 Å². The van der Waals surface area contributed by atoms with E-state index in [1.807, 2.05) is 19.1 Å². The van der Waals surface area contributed by atoms with Crippen LogP contribution < -0.4 is 4.74 Å². The van der Waals surface area contributed by atoms with E-state index >= 15 is 0 Å². The molecule has 0 unspecified atom stereocenters. The van der Waals surface area contributed by atoms with E-state index in [0.717, 1.165) is 5.56 Å². The Balaban J connectivity index is 1.85. The standard InChI is InChI=1S/C22H18N2O4S/c1-3-12-28-18-10-8-15(9-11-18)13-19-20(25)24(4-2)22(29-19)23-17-7-5-6-16(14-17)21(26)27/h1,5-11,13-14H,4,12H2,2H3,(H,26,27). The molecular formula is C22H18N2O4S. The average molecular weight is 406 g/mol. The second kappa shape index (κ2) is 9.13. The molecule has 1 saturated heterocycles. The van der Waals surface area contributed by atoms with E-state index in [2.05, 4.69) is 10.9 Å². The van der Waals surface area contributed by atoms with Gasteiger partial charge in [0, 0.05) is 6.54 Å². The number of carboxylic acids is 1. The fourth-order valence-electron chi connectivity index (χ4n) is 2.63. The van der Waals surface area contributed by atoms with Gasteiger partial charge >= 0.3 is 5.97 Å². The Kier molecular flexibility index (Phi) is 6.37. The van der Waals surface area contributed by atoms with Crippen molar-refractivity contribution in [3.05, 3.63) is 64.6 Å². The predicted molar refractivity (Wildman–Crippen MR) is 114 cm³/mol. The number of carbonyl (C=O) groups is 2. The summed E-state index contributed by atoms with van der Waals surface area (Å²) in [5.41, 5.74) is 1.47. The minimum atomic E-state index is -1.02. The van der Waals surface area contributed by atoms with Gasteiger partial charge in [-0.3, -0.25) is 9.69 Å². The maximum absolute atomic E-state index is 12.7. The van der Waals surface area contributed by atoms with E-state index in [4.69, 9.17) is 16.3 Å². The molecule has 0 saturated carbocycles. The lowest BCUT2D eigenvalue weighted by atomic mass is 10.2. The number of nitrogens with zero attached hydrogens (tertiary/aromatic N) is 2. The van der Waals surface area contributed by atoms with Crippen LogP contribution in [0.3, 0.4) is 0 Å². The lowest BCUT2D eigenvalue weighted by Gasteiger charge is -2.12. The third kappa shape index (κ3) is 4.86. The number of thioether (sulfide) groups is 1. The number of benzene rings is 2. The zero-order valence-electron chi connectivity index (χ0n) is 15.7. The van der Waals surface area contributed by atoms with E-state index in [9.17, 15) is 9.59 Å². The zero-order valence-corrected chi connectivity index (χ0v) is 16.5. The molecule has 1 heterocycles. The Morgan fingerprint density at radius 2 is 2.07 bits per heavy atom. The van der Waals surface area contributed by atoms with Gasteiger partial charge in [0.1, 0.15) is 12.4 Å². The number of likely N-dealkylation sites (N-methyl/N-ethyl adjacent to an activating group) is 1. The molecule has 3 rings (SSSR count). The van der Waals surface area contributed by atoms with Gasteiger partial charge < -0.3 is 9.84 Å². The molecule has 0 spiro atoms. The van der Waals surface area contributed by atoms with Crippen molar-refractivity contribution in [3.8, 4) is 18.1 Å². The molecule has 6 nitrogen and oxygen atoms in total. The molecule has 2 aromatic carbocycles. The van der Waals surface area contributed by atoms with Crippen molar-refractivity contribution in [1.29, 1.82) is 0 Å². The molecule has 2 aromatic rings. The van der Waals surface area contributed by atoms with Crippen LogP contribution in [0.1, 0.15) is 22.8 Å². The van der Waals surface area contributed by atoms with E-state index in [1.54, 1.807) is 35.2 Å². The first-order valence-corrected chi connectivity index (χ1v) is 9.63. The predicted octanol–water partition coefficient (Wildman–Crippen LogP) is 4.02. The van der Waals surface area contributed by atoms with Crippen molar-refractivity contribution in [2.45, 2.75) is 6.92 Å². The second-order valence-corrected chi connectivity index (χ2v) is 6.98. The van der Waals surface area contributed by atoms with E-state index in [0.29, 0.717) is 28.1 Å². The monoisotopic (exact) mass is 406 g/mol. The normalized spacial score (nSPS) is 16.3. The van der Waals surface area contributed by atoms with Gasteiger partial charge in [0.25, 0.3) is 5.91 Å². The summed E-state index contributed by atoms with van der Waals surface area (Å²) in [6, 6.07) is 13.6. The van der Waals surface area contributed by atoms with E-state index < -0.39 is 5.97 Å². The Morgan fingerprint density at radius 1 is 1.31 bits per heavy atom. The average Bonchev–Trinajstić information content (AvgIpc) is 3.01. The van der Waals surface area contributed by atoms with Crippen LogP contribution in [0.15, 0.2) is 58.4 Å². The van der Waals surface area contributed by atoms with Crippen LogP contribution in [-0.4, -0.2) is 40.2 Å². The second-order valence-electron chi connectivity index (χ2n) is 5.97. The van der Waals surface area contributed by atoms with Crippen molar-refractivity contribution < 1.29 is 19.4 Å². The molecule has 1 N–H and O–H groups in total. The van der Waals surface area contributed by atoms with Crippen LogP contribution >= 0.6 is 11.8 Å². The zero-order chi connectivity index (χ0) is 20.8. The highest BCUT2D eigenvalue weighted by Crippen LogP contribution is 2.34. The van der Waals surface area contributed by atoms with Crippen molar-refractivity contribution in [2.75, 3.05) is 13.2 Å². The minimum absolute atomic E-state index is 0.140. The Labute approximate surface area is 172 Å². The first-order chi connectivity index (χ1) is 14.0. The molecule has 146 valence electrons. The molecule has 1 amide bonds. The van der Waals surface area contributed by atoms with Gasteiger partial charge in [-0.05, 0) is 60.7 Å². The maximum Gasteiger partial charge on any atom is 0.335 e. The van der Waals surface area contributed by atoms with E-state index in [-0.39, 0.29) is 18.1 Å². The van der Waals surface area contributed by atoms with Crippen molar-refractivity contribution in [1.82, 2.24) is 4.90 Å². The van der Waals surface area contributed by atoms with Crippen LogP contribution in [0.4, 0.5) is 5.69 Å². The highest BCUT2D eigenvalue weighted by Gasteiger charge is 2.32. The van der Waals surface area contributed by atoms with Crippen molar-refractivity contribution in [3.63, 3.8) is 0 Å². The summed E-state index contributed by atoms with van der Waals surface area (Å²) in [6.45, 7) is 2.52. The molecule has 0 atom stereocenters. The Bertz CT molecular complexity index is 1040. The summed E-state index contributed by atoms with van der Waals surface area (Å²) in [7, 11) is 0. The summed E-state index contributed by atoms with van der Waals surface area (Å²) < 4.78 is 5.35. The molecular weight excluding hydrogens is 388 g/mol. The Morgan fingerprint density at radius 3 is 2.72 bits per heavy atom. The molecule has 0 radical (unpaired) electrons. The third-order valence-electron chi connectivity index (χ3n) is 4.02. The maximum atomic E-state index is 12.7. The fourth-order valence-corrected chi connectivity index (χ4v) is 3.69. The van der Waals surface area contributed by atoms with Crippen LogP contribution in [0, 0.1) is 12.3 Å². The number of carboxylic acid groups (broad SMARTS) is 1. The summed E-state index contributed by atoms with van der Waals surface area (Å²) in [4.78, 5) is 30.5. The quantitative estimate of drug-likeness (QED) is 0.579. The van der Waals surface area contributed by atoms with Crippen LogP contribution in [-0.2, 0) is 4.79 Å². The molecule has 0 bridgehead atoms. The van der Waals surface area contributed by atoms with Gasteiger partial charge in [0.2, 0.25) is 0 Å². The number of aromatic carboxylic acids is 1. The first kappa shape index (κ1) is 20.2. The summed E-state index contributed by atoms with van der Waals surface area (Å²) in [6.07, 6.45) is 6.97. The fraction of sp³-hybridized carbons (Fsp3) is 0.136. The van der Waals surface area contributed by atoms with Crippen LogP contribution in [0.25, 0.3) is 6.08 Å². The topological polar surface area (TPSA) is 79.2 Å². The molecule has 0 aliphatic carbocycles. The van der Waals surface area contributed by atoms with Gasteiger partial charge in [0.05, 0.1) is 16.2 Å². The number of carbonyl (C=O) groups excluding carboxylic acids is 1. The summed E-state index contributed by atoms with van der Waals surface area (Å²) in [5.74, 6) is 1.90. The molecule has 1 fully saturated rings. The van der Waals surface area contributed by atoms with Gasteiger partial charge in [0.15, 0.2) is 5.17 Å². The number of terminal acetylenes is 1. The highest BCUT2D eigenvalue weighted by atomic mass is 32.2. The van der Waals surface area contributed by atoms with Gasteiger partial charge in [-0.15, -0.1) is 6.42 Å². The first-order valence-electron chi connectivity index (χ1n) is 8.81. The van der Waals surface area contributed by atoms with E-state index in [1.165, 1.54) is 23.9 Å². The number of aliphatic imine (C=N–C) groups is 1. The lowest BCUT2D eigenvalue weighted by molar-refractivity contribution is -0.122. The smallest absolute Gasteiger partial charge is 0.335 e. The number of hydrogen-bond acceptors (Lipinski definition) is 5. The number of ether oxygens (including phenoxy) is 1. The van der Waals surface area contributed by atoms with Crippen LogP contribution in [0.2, 0.25) is 0 Å². The van der Waals surface area contributed by atoms with Crippen LogP contribution in [0.5, 0.6) is 5.75 Å². The number of hydrogen-bond donors (Lipinski definition) is 1. The number of amidine groups is 1. The molecule has 7 heteroatoms. The third-order valence-corrected chi connectivity index (χ3v) is 5.03. The van der Waals surface area contributed by atoms with Gasteiger partial charge in [-0.1, -0.05) is 24.1 Å².